The summed E-state index contributed by atoms with van der Waals surface area (Å²) in [4.78, 5) is 4.20. The van der Waals surface area contributed by atoms with Gasteiger partial charge < -0.3 is 15.1 Å². The number of benzene rings is 1. The van der Waals surface area contributed by atoms with Gasteiger partial charge in [-0.05, 0) is 56.9 Å². The van der Waals surface area contributed by atoms with Crippen LogP contribution in [0.25, 0.3) is 16.8 Å². The number of allylic oxidation sites excluding steroid dienone is 2. The van der Waals surface area contributed by atoms with Crippen molar-refractivity contribution in [3.05, 3.63) is 59.8 Å². The fourth-order valence-electron chi connectivity index (χ4n) is 3.08. The summed E-state index contributed by atoms with van der Waals surface area (Å²) in [6, 6.07) is 6.77. The molecule has 0 aliphatic carbocycles. The van der Waals surface area contributed by atoms with Crippen LogP contribution >= 0.6 is 0 Å². The van der Waals surface area contributed by atoms with Gasteiger partial charge in [0.05, 0.1) is 6.54 Å². The number of hydrogen-bond donors (Lipinski definition) is 1. The lowest BCUT2D eigenvalue weighted by molar-refractivity contribution is 0.373. The van der Waals surface area contributed by atoms with Crippen LogP contribution in [0.2, 0.25) is 0 Å². The van der Waals surface area contributed by atoms with E-state index in [0.29, 0.717) is 0 Å². The van der Waals surface area contributed by atoms with E-state index in [1.807, 2.05) is 18.8 Å². The molecule has 1 atom stereocenters. The van der Waals surface area contributed by atoms with Crippen molar-refractivity contribution in [2.45, 2.75) is 19.5 Å². The summed E-state index contributed by atoms with van der Waals surface area (Å²) >= 11 is 0. The summed E-state index contributed by atoms with van der Waals surface area (Å²) in [7, 11) is 8.15. The molecule has 0 amide bonds. The molecule has 1 aliphatic heterocycles. The van der Waals surface area contributed by atoms with Crippen molar-refractivity contribution in [2.24, 2.45) is 0 Å². The van der Waals surface area contributed by atoms with Crippen LogP contribution in [0.1, 0.15) is 12.5 Å². The van der Waals surface area contributed by atoms with Gasteiger partial charge in [0.15, 0.2) is 0 Å². The summed E-state index contributed by atoms with van der Waals surface area (Å²) in [6.07, 6.45) is 6.43. The summed E-state index contributed by atoms with van der Waals surface area (Å²) in [5, 5.41) is 8.27. The van der Waals surface area contributed by atoms with E-state index < -0.39 is 0 Å². The van der Waals surface area contributed by atoms with E-state index in [9.17, 15) is 4.39 Å². The third-order valence-corrected chi connectivity index (χ3v) is 4.55. The van der Waals surface area contributed by atoms with Crippen molar-refractivity contribution >= 4 is 5.57 Å². The Labute approximate surface area is 160 Å². The highest BCUT2D eigenvalue weighted by Crippen LogP contribution is 2.31. The lowest BCUT2D eigenvalue weighted by Crippen LogP contribution is -2.33. The molecule has 144 valence electrons. The van der Waals surface area contributed by atoms with Crippen molar-refractivity contribution < 1.29 is 4.39 Å². The molecular formula is C21H28FN5. The number of aromatic nitrogens is 2. The molecule has 0 saturated heterocycles. The first-order valence-electron chi connectivity index (χ1n) is 9.19. The Balaban J connectivity index is 2.05. The molecule has 3 rings (SSSR count). The first-order valence-corrected chi connectivity index (χ1v) is 9.19. The first-order chi connectivity index (χ1) is 12.8. The van der Waals surface area contributed by atoms with Gasteiger partial charge in [0.1, 0.15) is 17.3 Å². The third kappa shape index (κ3) is 4.57. The molecule has 2 aromatic rings. The summed E-state index contributed by atoms with van der Waals surface area (Å²) in [6.45, 7) is 3.83. The number of nitrogens with one attached hydrogen (secondary N) is 1. The SMILES string of the molecule is CC1C=C(c2cn(CCN(C)C)nc2-c2ccc(F)cc2)C=C(N(C)C)N1. The lowest BCUT2D eigenvalue weighted by atomic mass is 9.98. The molecule has 5 nitrogen and oxygen atoms in total. The molecule has 0 radical (unpaired) electrons. The molecule has 1 aliphatic rings. The lowest BCUT2D eigenvalue weighted by Gasteiger charge is -2.26. The van der Waals surface area contributed by atoms with E-state index >= 15 is 0 Å². The Hall–Kier alpha value is -2.60. The number of hydrogen-bond acceptors (Lipinski definition) is 4. The minimum Gasteiger partial charge on any atom is -0.366 e. The monoisotopic (exact) mass is 369 g/mol. The van der Waals surface area contributed by atoms with Crippen molar-refractivity contribution in [3.8, 4) is 11.3 Å². The fraction of sp³-hybridized carbons (Fsp3) is 0.381. The average molecular weight is 369 g/mol. The second-order valence-corrected chi connectivity index (χ2v) is 7.44. The van der Waals surface area contributed by atoms with Gasteiger partial charge in [-0.3, -0.25) is 4.68 Å². The Morgan fingerprint density at radius 1 is 1.15 bits per heavy atom. The number of rotatable bonds is 6. The molecule has 0 spiro atoms. The maximum absolute atomic E-state index is 13.4. The van der Waals surface area contributed by atoms with Gasteiger partial charge in [-0.15, -0.1) is 0 Å². The second-order valence-electron chi connectivity index (χ2n) is 7.44. The first kappa shape index (κ1) is 19.2. The maximum atomic E-state index is 13.4. The molecule has 2 heterocycles. The Morgan fingerprint density at radius 2 is 1.85 bits per heavy atom. The van der Waals surface area contributed by atoms with Gasteiger partial charge in [0.2, 0.25) is 0 Å². The highest BCUT2D eigenvalue weighted by Gasteiger charge is 2.19. The predicted molar refractivity (Wildman–Crippen MR) is 109 cm³/mol. The van der Waals surface area contributed by atoms with Crippen LogP contribution < -0.4 is 5.32 Å². The predicted octanol–water partition coefficient (Wildman–Crippen LogP) is 3.03. The van der Waals surface area contributed by atoms with E-state index in [4.69, 9.17) is 5.10 Å². The van der Waals surface area contributed by atoms with E-state index in [1.165, 1.54) is 12.1 Å². The van der Waals surface area contributed by atoms with Gasteiger partial charge in [0.25, 0.3) is 0 Å². The number of likely N-dealkylation sites (N-methyl/N-ethyl adjacent to an activating group) is 1. The molecule has 27 heavy (non-hydrogen) atoms. The number of nitrogens with zero attached hydrogens (tertiary/aromatic N) is 4. The van der Waals surface area contributed by atoms with Crippen LogP contribution in [0.15, 0.2) is 48.4 Å². The topological polar surface area (TPSA) is 36.3 Å². The van der Waals surface area contributed by atoms with Gasteiger partial charge in [-0.25, -0.2) is 4.39 Å². The standard InChI is InChI=1S/C21H28FN5/c1-15-12-17(13-20(23-15)26(4)5)19-14-27(11-10-25(2)3)24-21(19)16-6-8-18(22)9-7-16/h6-9,12-15,23H,10-11H2,1-5H3. The quantitative estimate of drug-likeness (QED) is 0.849. The van der Waals surface area contributed by atoms with Crippen molar-refractivity contribution in [2.75, 3.05) is 34.7 Å². The Morgan fingerprint density at radius 3 is 2.48 bits per heavy atom. The molecule has 0 fully saturated rings. The van der Waals surface area contributed by atoms with E-state index in [2.05, 4.69) is 54.5 Å². The number of halogens is 1. The summed E-state index contributed by atoms with van der Waals surface area (Å²) < 4.78 is 15.4. The largest absolute Gasteiger partial charge is 0.366 e. The van der Waals surface area contributed by atoms with Gasteiger partial charge >= 0.3 is 0 Å². The molecule has 1 N–H and O–H groups in total. The third-order valence-electron chi connectivity index (χ3n) is 4.55. The summed E-state index contributed by atoms with van der Waals surface area (Å²) in [5.41, 5.74) is 3.98. The fourth-order valence-corrected chi connectivity index (χ4v) is 3.08. The smallest absolute Gasteiger partial charge is 0.123 e. The van der Waals surface area contributed by atoms with Crippen molar-refractivity contribution in [1.82, 2.24) is 24.9 Å². The van der Waals surface area contributed by atoms with Crippen LogP contribution in [-0.4, -0.2) is 60.4 Å². The molecule has 0 bridgehead atoms. The van der Waals surface area contributed by atoms with E-state index in [1.54, 1.807) is 12.1 Å². The maximum Gasteiger partial charge on any atom is 0.123 e. The van der Waals surface area contributed by atoms with Gasteiger partial charge in [0, 0.05) is 44.0 Å². The van der Waals surface area contributed by atoms with Crippen molar-refractivity contribution in [3.63, 3.8) is 0 Å². The summed E-state index contributed by atoms with van der Waals surface area (Å²) in [5.74, 6) is 0.822. The highest BCUT2D eigenvalue weighted by molar-refractivity contribution is 5.84. The van der Waals surface area contributed by atoms with Gasteiger partial charge in [-0.2, -0.15) is 5.10 Å². The minimum absolute atomic E-state index is 0.216. The molecule has 1 aromatic carbocycles. The molecule has 1 unspecified atom stereocenters. The van der Waals surface area contributed by atoms with Crippen LogP contribution in [0.3, 0.4) is 0 Å². The van der Waals surface area contributed by atoms with E-state index in [0.717, 1.165) is 41.3 Å². The minimum atomic E-state index is -0.239. The van der Waals surface area contributed by atoms with Gasteiger partial charge in [-0.1, -0.05) is 6.08 Å². The number of dihydropyridines is 1. The van der Waals surface area contributed by atoms with Crippen molar-refractivity contribution in [1.29, 1.82) is 0 Å². The van der Waals surface area contributed by atoms with Crippen LogP contribution in [0.5, 0.6) is 0 Å². The molecule has 0 saturated carbocycles. The second kappa shape index (κ2) is 7.96. The molecular weight excluding hydrogens is 341 g/mol. The zero-order valence-corrected chi connectivity index (χ0v) is 16.7. The normalized spacial score (nSPS) is 16.8. The average Bonchev–Trinajstić information content (AvgIpc) is 3.04. The Bertz CT molecular complexity index is 846. The zero-order chi connectivity index (χ0) is 19.6. The molecule has 6 heteroatoms. The van der Waals surface area contributed by atoms with Crippen LogP contribution in [-0.2, 0) is 6.54 Å². The Kier molecular flexibility index (Phi) is 5.65. The van der Waals surface area contributed by atoms with E-state index in [-0.39, 0.29) is 11.9 Å². The highest BCUT2D eigenvalue weighted by atomic mass is 19.1. The van der Waals surface area contributed by atoms with Crippen LogP contribution in [0.4, 0.5) is 4.39 Å². The zero-order valence-electron chi connectivity index (χ0n) is 16.7. The molecule has 1 aromatic heterocycles. The van der Waals surface area contributed by atoms with Crippen LogP contribution in [0, 0.1) is 5.82 Å².